The van der Waals surface area contributed by atoms with E-state index in [2.05, 4.69) is 15.5 Å². The predicted molar refractivity (Wildman–Crippen MR) is 119 cm³/mol. The molecule has 4 heterocycles. The highest BCUT2D eigenvalue weighted by atomic mass is 35.5. The van der Waals surface area contributed by atoms with Gasteiger partial charge >= 0.3 is 6.01 Å². The van der Waals surface area contributed by atoms with E-state index < -0.39 is 15.9 Å². The Balaban J connectivity index is 1.21. The molecule has 1 amide bonds. The number of anilines is 1. The van der Waals surface area contributed by atoms with Crippen molar-refractivity contribution in [3.8, 4) is 11.5 Å². The van der Waals surface area contributed by atoms with Crippen LogP contribution in [0.4, 0.5) is 6.01 Å². The van der Waals surface area contributed by atoms with Gasteiger partial charge in [-0.1, -0.05) is 22.8 Å². The number of piperidine rings is 1. The molecule has 0 bridgehead atoms. The van der Waals surface area contributed by atoms with Gasteiger partial charge < -0.3 is 13.9 Å². The van der Waals surface area contributed by atoms with Gasteiger partial charge in [0, 0.05) is 13.1 Å². The number of hydrogen-bond donors (Lipinski definition) is 1. The average molecular weight is 511 g/mol. The van der Waals surface area contributed by atoms with E-state index in [4.69, 9.17) is 25.5 Å². The second kappa shape index (κ2) is 8.93. The van der Waals surface area contributed by atoms with Gasteiger partial charge in [0.2, 0.25) is 18.6 Å². The van der Waals surface area contributed by atoms with Gasteiger partial charge in [-0.15, -0.1) is 16.4 Å². The molecule has 1 aromatic carbocycles. The average Bonchev–Trinajstić information content (AvgIpc) is 3.55. The number of thiophene rings is 1. The standard InChI is InChI=1S/C20H19ClN4O6S2/c21-16-5-6-18(32-16)33(27,28)25-7-1-2-13(10-25)19(26)22-20-24-23-17(31-20)9-12-3-4-14-15(8-12)30-11-29-14/h3-6,8,13H,1-2,7,9-11H2,(H,22,24,26). The monoisotopic (exact) mass is 510 g/mol. The molecule has 174 valence electrons. The lowest BCUT2D eigenvalue weighted by Gasteiger charge is -2.30. The van der Waals surface area contributed by atoms with E-state index in [1.807, 2.05) is 18.2 Å². The SMILES string of the molecule is O=C(Nc1nnc(Cc2ccc3c(c2)OCO3)o1)C1CCCN(S(=O)(=O)c2ccc(Cl)s2)C1. The van der Waals surface area contributed by atoms with Crippen molar-refractivity contribution < 1.29 is 27.1 Å². The Morgan fingerprint density at radius 2 is 2.06 bits per heavy atom. The van der Waals surface area contributed by atoms with Gasteiger partial charge in [-0.05, 0) is 42.7 Å². The Morgan fingerprint density at radius 3 is 2.88 bits per heavy atom. The number of carbonyl (C=O) groups is 1. The molecule has 0 saturated carbocycles. The molecule has 5 rings (SSSR count). The topological polar surface area (TPSA) is 124 Å². The van der Waals surface area contributed by atoms with Gasteiger partial charge in [0.25, 0.3) is 10.0 Å². The van der Waals surface area contributed by atoms with Crippen LogP contribution in [0.5, 0.6) is 11.5 Å². The number of carbonyl (C=O) groups excluding carboxylic acids is 1. The fraction of sp³-hybridized carbons (Fsp3) is 0.350. The smallest absolute Gasteiger partial charge is 0.322 e. The maximum absolute atomic E-state index is 12.9. The minimum absolute atomic E-state index is 0.0271. The molecule has 1 saturated heterocycles. The van der Waals surface area contributed by atoms with Gasteiger partial charge in [0.1, 0.15) is 4.21 Å². The molecule has 0 radical (unpaired) electrons. The van der Waals surface area contributed by atoms with Crippen LogP contribution in [-0.4, -0.2) is 48.7 Å². The molecule has 10 nitrogen and oxygen atoms in total. The number of nitrogens with zero attached hydrogens (tertiary/aromatic N) is 3. The van der Waals surface area contributed by atoms with Gasteiger partial charge in [-0.3, -0.25) is 10.1 Å². The molecule has 1 N–H and O–H groups in total. The Hall–Kier alpha value is -2.67. The summed E-state index contributed by atoms with van der Waals surface area (Å²) in [5.41, 5.74) is 0.891. The third kappa shape index (κ3) is 4.69. The number of rotatable bonds is 6. The lowest BCUT2D eigenvalue weighted by molar-refractivity contribution is -0.121. The number of aromatic nitrogens is 2. The summed E-state index contributed by atoms with van der Waals surface area (Å²) in [5, 5.41) is 10.5. The Kier molecular flexibility index (Phi) is 5.99. The Morgan fingerprint density at radius 1 is 1.21 bits per heavy atom. The van der Waals surface area contributed by atoms with Crippen LogP contribution >= 0.6 is 22.9 Å². The highest BCUT2D eigenvalue weighted by molar-refractivity contribution is 7.91. The van der Waals surface area contributed by atoms with Crippen LogP contribution in [0.15, 0.2) is 39.0 Å². The minimum atomic E-state index is -3.70. The molecule has 13 heteroatoms. The number of nitrogens with one attached hydrogen (secondary N) is 1. The largest absolute Gasteiger partial charge is 0.454 e. The maximum atomic E-state index is 12.9. The van der Waals surface area contributed by atoms with Gasteiger partial charge in [-0.25, -0.2) is 8.42 Å². The molecule has 2 aliphatic heterocycles. The van der Waals surface area contributed by atoms with Crippen LogP contribution in [0.1, 0.15) is 24.3 Å². The van der Waals surface area contributed by atoms with E-state index in [0.717, 1.165) is 16.9 Å². The molecular weight excluding hydrogens is 492 g/mol. The van der Waals surface area contributed by atoms with Crippen molar-refractivity contribution in [1.82, 2.24) is 14.5 Å². The summed E-state index contributed by atoms with van der Waals surface area (Å²) >= 11 is 6.89. The second-order valence-electron chi connectivity index (χ2n) is 7.62. The van der Waals surface area contributed by atoms with Crippen molar-refractivity contribution in [1.29, 1.82) is 0 Å². The second-order valence-corrected chi connectivity index (χ2v) is 11.5. The van der Waals surface area contributed by atoms with Crippen molar-refractivity contribution in [2.45, 2.75) is 23.5 Å². The minimum Gasteiger partial charge on any atom is -0.454 e. The summed E-state index contributed by atoms with van der Waals surface area (Å²) in [6.07, 6.45) is 1.48. The maximum Gasteiger partial charge on any atom is 0.322 e. The highest BCUT2D eigenvalue weighted by Gasteiger charge is 2.34. The normalized spacial score (nSPS) is 18.4. The molecule has 2 aromatic heterocycles. The molecule has 1 atom stereocenters. The van der Waals surface area contributed by atoms with Crippen LogP contribution < -0.4 is 14.8 Å². The van der Waals surface area contributed by atoms with Crippen LogP contribution in [0.25, 0.3) is 0 Å². The molecule has 1 fully saturated rings. The first-order chi connectivity index (χ1) is 15.9. The number of amides is 1. The van der Waals surface area contributed by atoms with Crippen molar-refractivity contribution in [3.05, 3.63) is 46.1 Å². The third-order valence-electron chi connectivity index (χ3n) is 5.39. The fourth-order valence-electron chi connectivity index (χ4n) is 3.75. The van der Waals surface area contributed by atoms with Gasteiger partial charge in [0.15, 0.2) is 11.5 Å². The summed E-state index contributed by atoms with van der Waals surface area (Å²) in [4.78, 5) is 12.8. The van der Waals surface area contributed by atoms with E-state index in [0.29, 0.717) is 47.5 Å². The zero-order valence-electron chi connectivity index (χ0n) is 17.2. The highest BCUT2D eigenvalue weighted by Crippen LogP contribution is 2.33. The van der Waals surface area contributed by atoms with Crippen molar-refractivity contribution in [2.24, 2.45) is 5.92 Å². The zero-order valence-corrected chi connectivity index (χ0v) is 19.6. The zero-order chi connectivity index (χ0) is 23.0. The lowest BCUT2D eigenvalue weighted by Crippen LogP contribution is -2.43. The lowest BCUT2D eigenvalue weighted by atomic mass is 9.99. The summed E-state index contributed by atoms with van der Waals surface area (Å²) < 4.78 is 43.8. The Labute approximate surface area is 198 Å². The van der Waals surface area contributed by atoms with Gasteiger partial charge in [-0.2, -0.15) is 4.31 Å². The first kappa shape index (κ1) is 22.1. The number of sulfonamides is 1. The third-order valence-corrected chi connectivity index (χ3v) is 8.95. The fourth-order valence-corrected chi connectivity index (χ4v) is 6.91. The molecule has 0 spiro atoms. The molecule has 1 unspecified atom stereocenters. The number of halogens is 1. The molecule has 2 aliphatic rings. The summed E-state index contributed by atoms with van der Waals surface area (Å²) in [7, 11) is -3.70. The molecule has 3 aromatic rings. The number of benzene rings is 1. The van der Waals surface area contributed by atoms with Gasteiger partial charge in [0.05, 0.1) is 16.7 Å². The summed E-state index contributed by atoms with van der Waals surface area (Å²) in [5.74, 6) is 0.766. The summed E-state index contributed by atoms with van der Waals surface area (Å²) in [6, 6.07) is 8.51. The predicted octanol–water partition coefficient (Wildman–Crippen LogP) is 3.14. The van der Waals surface area contributed by atoms with E-state index in [1.54, 1.807) is 6.07 Å². The number of hydrogen-bond acceptors (Lipinski definition) is 9. The van der Waals surface area contributed by atoms with Crippen LogP contribution in [0.2, 0.25) is 4.34 Å². The van der Waals surface area contributed by atoms with Crippen molar-refractivity contribution >= 4 is 44.9 Å². The summed E-state index contributed by atoms with van der Waals surface area (Å²) in [6.45, 7) is 0.611. The van der Waals surface area contributed by atoms with E-state index in [-0.39, 0.29) is 29.5 Å². The molecule has 33 heavy (non-hydrogen) atoms. The quantitative estimate of drug-likeness (QED) is 0.536. The van der Waals surface area contributed by atoms with Crippen LogP contribution in [0.3, 0.4) is 0 Å². The number of fused-ring (bicyclic) bond motifs is 1. The Bertz CT molecular complexity index is 1290. The van der Waals surface area contributed by atoms with E-state index in [9.17, 15) is 13.2 Å². The number of ether oxygens (including phenoxy) is 2. The van der Waals surface area contributed by atoms with E-state index in [1.165, 1.54) is 10.4 Å². The van der Waals surface area contributed by atoms with Crippen molar-refractivity contribution in [2.75, 3.05) is 25.2 Å². The van der Waals surface area contributed by atoms with E-state index >= 15 is 0 Å². The van der Waals surface area contributed by atoms with Crippen LogP contribution in [-0.2, 0) is 21.2 Å². The first-order valence-corrected chi connectivity index (χ1v) is 12.8. The molecular formula is C20H19ClN4O6S2. The van der Waals surface area contributed by atoms with Crippen LogP contribution in [0, 0.1) is 5.92 Å². The first-order valence-electron chi connectivity index (χ1n) is 10.2. The molecule has 0 aliphatic carbocycles. The van der Waals surface area contributed by atoms with Crippen molar-refractivity contribution in [3.63, 3.8) is 0 Å².